The van der Waals surface area contributed by atoms with Crippen LogP contribution in [-0.2, 0) is 6.18 Å². The van der Waals surface area contributed by atoms with Gasteiger partial charge in [-0.05, 0) is 23.8 Å². The Morgan fingerprint density at radius 1 is 1.22 bits per heavy atom. The molecule has 2 rings (SSSR count). The quantitative estimate of drug-likeness (QED) is 0.831. The predicted octanol–water partition coefficient (Wildman–Crippen LogP) is 2.81. The first-order chi connectivity index (χ1) is 10.7. The molecular weight excluding hydrogens is 312 g/mol. The van der Waals surface area contributed by atoms with E-state index in [1.807, 2.05) is 4.90 Å². The van der Waals surface area contributed by atoms with Gasteiger partial charge < -0.3 is 10.4 Å². The third-order valence-electron chi connectivity index (χ3n) is 4.28. The van der Waals surface area contributed by atoms with Crippen LogP contribution in [0.1, 0.15) is 31.0 Å². The number of piperazine rings is 1. The van der Waals surface area contributed by atoms with Crippen LogP contribution >= 0.6 is 0 Å². The van der Waals surface area contributed by atoms with Gasteiger partial charge >= 0.3 is 6.18 Å². The Balaban J connectivity index is 2.57. The largest absolute Gasteiger partial charge is 0.416 e. The molecule has 1 aliphatic rings. The number of rotatable bonds is 4. The van der Waals surface area contributed by atoms with Crippen LogP contribution in [-0.4, -0.2) is 42.8 Å². The molecule has 0 spiro atoms. The molecule has 1 fully saturated rings. The normalized spacial score (nSPS) is 18.9. The minimum Gasteiger partial charge on any atom is -0.396 e. The van der Waals surface area contributed by atoms with Crippen molar-refractivity contribution in [1.82, 2.24) is 10.2 Å². The van der Waals surface area contributed by atoms with Crippen LogP contribution in [0.25, 0.3) is 0 Å². The molecule has 1 aliphatic heterocycles. The highest BCUT2D eigenvalue weighted by Crippen LogP contribution is 2.44. The van der Waals surface area contributed by atoms with Gasteiger partial charge in [-0.3, -0.25) is 4.90 Å². The van der Waals surface area contributed by atoms with Crippen molar-refractivity contribution in [2.24, 2.45) is 5.41 Å². The van der Waals surface area contributed by atoms with Crippen LogP contribution in [0.5, 0.6) is 0 Å². The molecule has 0 saturated carbocycles. The average molecular weight is 334 g/mol. The molecule has 0 aliphatic carbocycles. The maximum atomic E-state index is 13.7. The molecule has 1 aromatic carbocycles. The summed E-state index contributed by atoms with van der Waals surface area (Å²) in [4.78, 5) is 1.89. The number of benzene rings is 1. The SMILES string of the molecule is CC(C)(CO)[C@H](c1cc(F)ccc1C(F)(F)F)N1CCNCC1. The average Bonchev–Trinajstić information content (AvgIpc) is 2.47. The Morgan fingerprint density at radius 3 is 2.35 bits per heavy atom. The van der Waals surface area contributed by atoms with Crippen LogP contribution in [0.15, 0.2) is 18.2 Å². The zero-order valence-corrected chi connectivity index (χ0v) is 13.3. The zero-order valence-electron chi connectivity index (χ0n) is 13.3. The summed E-state index contributed by atoms with van der Waals surface area (Å²) in [5.74, 6) is -0.707. The van der Waals surface area contributed by atoms with Crippen LogP contribution in [0.2, 0.25) is 0 Å². The minimum absolute atomic E-state index is 0.113. The summed E-state index contributed by atoms with van der Waals surface area (Å²) < 4.78 is 53.8. The fourth-order valence-corrected chi connectivity index (χ4v) is 3.16. The van der Waals surface area contributed by atoms with Crippen molar-refractivity contribution in [3.8, 4) is 0 Å². The molecule has 1 saturated heterocycles. The fourth-order valence-electron chi connectivity index (χ4n) is 3.16. The second-order valence-corrected chi connectivity index (χ2v) is 6.56. The molecule has 1 aromatic rings. The second-order valence-electron chi connectivity index (χ2n) is 6.56. The van der Waals surface area contributed by atoms with Crippen molar-refractivity contribution in [3.63, 3.8) is 0 Å². The van der Waals surface area contributed by atoms with Gasteiger partial charge in [-0.2, -0.15) is 13.2 Å². The van der Waals surface area contributed by atoms with Gasteiger partial charge in [0.05, 0.1) is 5.56 Å². The predicted molar refractivity (Wildman–Crippen MR) is 79.5 cm³/mol. The number of nitrogens with zero attached hydrogens (tertiary/aromatic N) is 1. The summed E-state index contributed by atoms with van der Waals surface area (Å²) >= 11 is 0. The highest BCUT2D eigenvalue weighted by molar-refractivity contribution is 5.34. The fraction of sp³-hybridized carbons (Fsp3) is 0.625. The van der Waals surface area contributed by atoms with E-state index in [1.54, 1.807) is 13.8 Å². The molecule has 2 N–H and O–H groups in total. The topological polar surface area (TPSA) is 35.5 Å². The maximum Gasteiger partial charge on any atom is 0.416 e. The number of nitrogens with one attached hydrogen (secondary N) is 1. The summed E-state index contributed by atoms with van der Waals surface area (Å²) in [6, 6.07) is 1.84. The van der Waals surface area contributed by atoms with Crippen molar-refractivity contribution >= 4 is 0 Å². The zero-order chi connectivity index (χ0) is 17.3. The Bertz CT molecular complexity index is 539. The summed E-state index contributed by atoms with van der Waals surface area (Å²) in [5.41, 5.74) is -1.80. The third kappa shape index (κ3) is 4.02. The van der Waals surface area contributed by atoms with Crippen LogP contribution in [0, 0.1) is 11.2 Å². The molecule has 0 radical (unpaired) electrons. The van der Waals surface area contributed by atoms with E-state index in [4.69, 9.17) is 0 Å². The molecular formula is C16H22F4N2O. The van der Waals surface area contributed by atoms with E-state index in [2.05, 4.69) is 5.32 Å². The van der Waals surface area contributed by atoms with Crippen molar-refractivity contribution in [3.05, 3.63) is 35.1 Å². The smallest absolute Gasteiger partial charge is 0.396 e. The first kappa shape index (κ1) is 18.2. The lowest BCUT2D eigenvalue weighted by Gasteiger charge is -2.44. The summed E-state index contributed by atoms with van der Waals surface area (Å²) in [7, 11) is 0. The first-order valence-corrected chi connectivity index (χ1v) is 7.59. The van der Waals surface area contributed by atoms with Gasteiger partial charge in [0.15, 0.2) is 0 Å². The molecule has 0 aromatic heterocycles. The first-order valence-electron chi connectivity index (χ1n) is 7.59. The number of hydrogen-bond donors (Lipinski definition) is 2. The van der Waals surface area contributed by atoms with Gasteiger partial charge in [0, 0.05) is 44.2 Å². The number of aliphatic hydroxyl groups is 1. The van der Waals surface area contributed by atoms with Gasteiger partial charge in [0.2, 0.25) is 0 Å². The van der Waals surface area contributed by atoms with Gasteiger partial charge in [0.1, 0.15) is 5.82 Å². The molecule has 0 unspecified atom stereocenters. The lowest BCUT2D eigenvalue weighted by molar-refractivity contribution is -0.139. The standard InChI is InChI=1S/C16H22F4N2O/c1-15(2,10-23)14(22-7-5-21-6-8-22)12-9-11(17)3-4-13(12)16(18,19)20/h3-4,9,14,21,23H,5-8,10H2,1-2H3/t14-/m0/s1. The minimum atomic E-state index is -4.57. The third-order valence-corrected chi connectivity index (χ3v) is 4.28. The van der Waals surface area contributed by atoms with Crippen LogP contribution in [0.3, 0.4) is 0 Å². The number of alkyl halides is 3. The lowest BCUT2D eigenvalue weighted by atomic mass is 9.78. The van der Waals surface area contributed by atoms with E-state index in [0.717, 1.165) is 18.2 Å². The number of hydrogen-bond acceptors (Lipinski definition) is 3. The van der Waals surface area contributed by atoms with E-state index in [0.29, 0.717) is 26.2 Å². The molecule has 7 heteroatoms. The molecule has 1 heterocycles. The Morgan fingerprint density at radius 2 is 1.83 bits per heavy atom. The highest BCUT2D eigenvalue weighted by Gasteiger charge is 2.42. The van der Waals surface area contributed by atoms with Gasteiger partial charge in [-0.25, -0.2) is 4.39 Å². The lowest BCUT2D eigenvalue weighted by Crippen LogP contribution is -2.50. The Kier molecular flexibility index (Phi) is 5.33. The second kappa shape index (κ2) is 6.75. The molecule has 3 nitrogen and oxygen atoms in total. The molecule has 23 heavy (non-hydrogen) atoms. The van der Waals surface area contributed by atoms with E-state index in [1.165, 1.54) is 0 Å². The van der Waals surface area contributed by atoms with Crippen LogP contribution in [0.4, 0.5) is 17.6 Å². The monoisotopic (exact) mass is 334 g/mol. The van der Waals surface area contributed by atoms with Gasteiger partial charge in [0.25, 0.3) is 0 Å². The van der Waals surface area contributed by atoms with Gasteiger partial charge in [-0.15, -0.1) is 0 Å². The molecule has 130 valence electrons. The molecule has 0 bridgehead atoms. The molecule has 1 atom stereocenters. The Hall–Kier alpha value is -1.18. The van der Waals surface area contributed by atoms with Crippen molar-refractivity contribution in [1.29, 1.82) is 0 Å². The van der Waals surface area contributed by atoms with Crippen molar-refractivity contribution in [2.45, 2.75) is 26.1 Å². The highest BCUT2D eigenvalue weighted by atomic mass is 19.4. The van der Waals surface area contributed by atoms with E-state index >= 15 is 0 Å². The van der Waals surface area contributed by atoms with Crippen molar-refractivity contribution in [2.75, 3.05) is 32.8 Å². The number of halogens is 4. The van der Waals surface area contributed by atoms with E-state index < -0.39 is 29.0 Å². The van der Waals surface area contributed by atoms with E-state index in [-0.39, 0.29) is 12.2 Å². The van der Waals surface area contributed by atoms with Crippen LogP contribution < -0.4 is 5.32 Å². The van der Waals surface area contributed by atoms with E-state index in [9.17, 15) is 22.7 Å². The molecule has 0 amide bonds. The summed E-state index contributed by atoms with van der Waals surface area (Å²) in [6.07, 6.45) is -4.57. The maximum absolute atomic E-state index is 13.7. The van der Waals surface area contributed by atoms with Crippen molar-refractivity contribution < 1.29 is 22.7 Å². The summed E-state index contributed by atoms with van der Waals surface area (Å²) in [5, 5.41) is 12.8. The Labute approximate surface area is 133 Å². The van der Waals surface area contributed by atoms with Gasteiger partial charge in [-0.1, -0.05) is 13.8 Å². The summed E-state index contributed by atoms with van der Waals surface area (Å²) in [6.45, 7) is 5.48. The number of aliphatic hydroxyl groups excluding tert-OH is 1.